The van der Waals surface area contributed by atoms with Crippen LogP contribution in [-0.4, -0.2) is 30.1 Å². The highest BCUT2D eigenvalue weighted by molar-refractivity contribution is 4.96. The zero-order chi connectivity index (χ0) is 10.6. The molecule has 0 aromatic heterocycles. The van der Waals surface area contributed by atoms with E-state index in [2.05, 4.69) is 25.3 Å². The Balaban J connectivity index is 2.42. The lowest BCUT2D eigenvalue weighted by atomic mass is 9.98. The molecular weight excluding hydrogens is 172 g/mol. The van der Waals surface area contributed by atoms with Gasteiger partial charge in [-0.05, 0) is 26.3 Å². The number of rotatable bonds is 5. The fourth-order valence-electron chi connectivity index (χ4n) is 2.34. The molecule has 0 unspecified atom stereocenters. The molecule has 0 atom stereocenters. The molecule has 0 saturated heterocycles. The van der Waals surface area contributed by atoms with E-state index in [0.717, 1.165) is 19.6 Å². The molecule has 2 nitrogen and oxygen atoms in total. The summed E-state index contributed by atoms with van der Waals surface area (Å²) in [5.41, 5.74) is 7.66. The number of nitrogens with two attached hydrogens (primary N) is 1. The second-order valence-electron chi connectivity index (χ2n) is 4.83. The molecule has 0 amide bonds. The lowest BCUT2D eigenvalue weighted by molar-refractivity contribution is 0.233. The van der Waals surface area contributed by atoms with Crippen LogP contribution < -0.4 is 5.73 Å². The van der Waals surface area contributed by atoms with Gasteiger partial charge in [-0.2, -0.15) is 0 Å². The van der Waals surface area contributed by atoms with Gasteiger partial charge in [-0.3, -0.25) is 4.90 Å². The van der Waals surface area contributed by atoms with E-state index in [-0.39, 0.29) is 5.54 Å². The molecule has 1 aliphatic carbocycles. The number of likely N-dealkylation sites (N-methyl/N-ethyl adjacent to an activating group) is 1. The van der Waals surface area contributed by atoms with E-state index in [1.165, 1.54) is 31.3 Å². The monoisotopic (exact) mass is 196 g/mol. The first-order valence-corrected chi connectivity index (χ1v) is 5.71. The van der Waals surface area contributed by atoms with Crippen molar-refractivity contribution in [1.82, 2.24) is 4.90 Å². The Labute approximate surface area is 88.2 Å². The highest BCUT2D eigenvalue weighted by Crippen LogP contribution is 2.27. The second-order valence-corrected chi connectivity index (χ2v) is 4.83. The van der Waals surface area contributed by atoms with Crippen molar-refractivity contribution in [1.29, 1.82) is 0 Å². The third-order valence-electron chi connectivity index (χ3n) is 3.08. The first-order chi connectivity index (χ1) is 6.56. The van der Waals surface area contributed by atoms with Crippen molar-refractivity contribution in [2.24, 2.45) is 5.73 Å². The number of hydrogen-bond donors (Lipinski definition) is 1. The number of nitrogens with zero attached hydrogens (tertiary/aromatic N) is 1. The Hall–Kier alpha value is -0.340. The Kier molecular flexibility index (Phi) is 4.14. The van der Waals surface area contributed by atoms with Gasteiger partial charge in [-0.1, -0.05) is 31.9 Å². The summed E-state index contributed by atoms with van der Waals surface area (Å²) in [6, 6.07) is 0. The van der Waals surface area contributed by atoms with Crippen molar-refractivity contribution in [3.05, 3.63) is 12.2 Å². The number of hydrogen-bond acceptors (Lipinski definition) is 2. The van der Waals surface area contributed by atoms with Crippen molar-refractivity contribution in [3.63, 3.8) is 0 Å². The highest BCUT2D eigenvalue weighted by Gasteiger charge is 2.30. The maximum absolute atomic E-state index is 6.34. The predicted molar refractivity (Wildman–Crippen MR) is 62.3 cm³/mol. The lowest BCUT2D eigenvalue weighted by Gasteiger charge is -2.31. The van der Waals surface area contributed by atoms with E-state index < -0.39 is 0 Å². The fourth-order valence-corrected chi connectivity index (χ4v) is 2.34. The van der Waals surface area contributed by atoms with Gasteiger partial charge in [0.2, 0.25) is 0 Å². The average molecular weight is 196 g/mol. The normalized spacial score (nSPS) is 20.3. The molecule has 0 heterocycles. The lowest BCUT2D eigenvalue weighted by Crippen LogP contribution is -2.48. The largest absolute Gasteiger partial charge is 0.324 e. The summed E-state index contributed by atoms with van der Waals surface area (Å²) in [6.45, 7) is 11.3. The Morgan fingerprint density at radius 1 is 1.43 bits per heavy atom. The molecule has 1 saturated carbocycles. The van der Waals surface area contributed by atoms with Crippen LogP contribution in [0.4, 0.5) is 0 Å². The van der Waals surface area contributed by atoms with Crippen molar-refractivity contribution < 1.29 is 0 Å². The van der Waals surface area contributed by atoms with Crippen molar-refractivity contribution >= 4 is 0 Å². The quantitative estimate of drug-likeness (QED) is 0.683. The van der Waals surface area contributed by atoms with Gasteiger partial charge < -0.3 is 5.73 Å². The van der Waals surface area contributed by atoms with Gasteiger partial charge in [0.25, 0.3) is 0 Å². The molecule has 2 heteroatoms. The van der Waals surface area contributed by atoms with Crippen LogP contribution in [-0.2, 0) is 0 Å². The summed E-state index contributed by atoms with van der Waals surface area (Å²) in [6.07, 6.45) is 5.00. The van der Waals surface area contributed by atoms with Crippen LogP contribution in [0.3, 0.4) is 0 Å². The zero-order valence-electron chi connectivity index (χ0n) is 9.68. The van der Waals surface area contributed by atoms with Crippen LogP contribution in [0.2, 0.25) is 0 Å². The molecule has 82 valence electrons. The molecule has 1 fully saturated rings. The third-order valence-corrected chi connectivity index (χ3v) is 3.08. The average Bonchev–Trinajstić information content (AvgIpc) is 2.50. The van der Waals surface area contributed by atoms with Crippen molar-refractivity contribution in [2.45, 2.75) is 45.1 Å². The van der Waals surface area contributed by atoms with E-state index in [1.54, 1.807) is 0 Å². The maximum Gasteiger partial charge on any atom is 0.0283 e. The topological polar surface area (TPSA) is 29.3 Å². The SMILES string of the molecule is C=C(C)CN(CC)CC1(N)CCCC1. The van der Waals surface area contributed by atoms with Gasteiger partial charge >= 0.3 is 0 Å². The molecule has 14 heavy (non-hydrogen) atoms. The predicted octanol–water partition coefficient (Wildman–Crippen LogP) is 2.16. The summed E-state index contributed by atoms with van der Waals surface area (Å²) < 4.78 is 0. The molecule has 0 aromatic rings. The van der Waals surface area contributed by atoms with Gasteiger partial charge in [0.05, 0.1) is 0 Å². The Morgan fingerprint density at radius 2 is 2.00 bits per heavy atom. The van der Waals surface area contributed by atoms with E-state index in [4.69, 9.17) is 5.73 Å². The first kappa shape index (κ1) is 11.7. The van der Waals surface area contributed by atoms with E-state index >= 15 is 0 Å². The summed E-state index contributed by atoms with van der Waals surface area (Å²) in [4.78, 5) is 2.41. The summed E-state index contributed by atoms with van der Waals surface area (Å²) in [7, 11) is 0. The summed E-state index contributed by atoms with van der Waals surface area (Å²) in [5.74, 6) is 0. The Bertz CT molecular complexity index is 192. The van der Waals surface area contributed by atoms with Crippen LogP contribution in [0.1, 0.15) is 39.5 Å². The molecule has 0 spiro atoms. The van der Waals surface area contributed by atoms with Crippen LogP contribution in [0.25, 0.3) is 0 Å². The minimum Gasteiger partial charge on any atom is -0.324 e. The van der Waals surface area contributed by atoms with Crippen LogP contribution in [0.15, 0.2) is 12.2 Å². The van der Waals surface area contributed by atoms with Gasteiger partial charge in [-0.25, -0.2) is 0 Å². The highest BCUT2D eigenvalue weighted by atomic mass is 15.1. The molecular formula is C12H24N2. The zero-order valence-corrected chi connectivity index (χ0v) is 9.68. The molecule has 0 radical (unpaired) electrons. The minimum absolute atomic E-state index is 0.0888. The van der Waals surface area contributed by atoms with Gasteiger partial charge in [0, 0.05) is 18.6 Å². The van der Waals surface area contributed by atoms with E-state index in [1.807, 2.05) is 0 Å². The van der Waals surface area contributed by atoms with Crippen LogP contribution in [0, 0.1) is 0 Å². The summed E-state index contributed by atoms with van der Waals surface area (Å²) in [5, 5.41) is 0. The van der Waals surface area contributed by atoms with E-state index in [9.17, 15) is 0 Å². The molecule has 0 aromatic carbocycles. The second kappa shape index (κ2) is 4.94. The minimum atomic E-state index is 0.0888. The molecule has 1 aliphatic rings. The van der Waals surface area contributed by atoms with E-state index in [0.29, 0.717) is 0 Å². The Morgan fingerprint density at radius 3 is 2.43 bits per heavy atom. The maximum atomic E-state index is 6.34. The fraction of sp³-hybridized carbons (Fsp3) is 0.833. The first-order valence-electron chi connectivity index (χ1n) is 5.71. The molecule has 0 bridgehead atoms. The van der Waals surface area contributed by atoms with Gasteiger partial charge in [-0.15, -0.1) is 0 Å². The summed E-state index contributed by atoms with van der Waals surface area (Å²) >= 11 is 0. The molecule has 1 rings (SSSR count). The van der Waals surface area contributed by atoms with Crippen LogP contribution >= 0.6 is 0 Å². The third kappa shape index (κ3) is 3.43. The van der Waals surface area contributed by atoms with Crippen LogP contribution in [0.5, 0.6) is 0 Å². The van der Waals surface area contributed by atoms with Gasteiger partial charge in [0.15, 0.2) is 0 Å². The van der Waals surface area contributed by atoms with Crippen molar-refractivity contribution in [3.8, 4) is 0 Å². The van der Waals surface area contributed by atoms with Gasteiger partial charge in [0.1, 0.15) is 0 Å². The van der Waals surface area contributed by atoms with Crippen molar-refractivity contribution in [2.75, 3.05) is 19.6 Å². The molecule has 2 N–H and O–H groups in total. The molecule has 0 aliphatic heterocycles. The standard InChI is InChI=1S/C12H24N2/c1-4-14(9-11(2)3)10-12(13)7-5-6-8-12/h2,4-10,13H2,1,3H3. The smallest absolute Gasteiger partial charge is 0.0283 e.